The number of aromatic nitrogens is 1. The number of hydrogen-bond acceptors (Lipinski definition) is 4. The fraction of sp³-hybridized carbons (Fsp3) is 0.600. The molecule has 0 aromatic carbocycles. The highest BCUT2D eigenvalue weighted by molar-refractivity contribution is 8.01. The standard InChI is InChI=1S/C10H15NOS2/c1-4-7(2)9(12)6-14-10-11-8(3)5-13-10/h5,7H,4,6H2,1-3H3. The number of hydrogen-bond donors (Lipinski definition) is 0. The van der Waals surface area contributed by atoms with Crippen molar-refractivity contribution in [2.45, 2.75) is 31.5 Å². The zero-order valence-corrected chi connectivity index (χ0v) is 10.4. The van der Waals surface area contributed by atoms with E-state index < -0.39 is 0 Å². The molecule has 0 N–H and O–H groups in total. The third-order valence-electron chi connectivity index (χ3n) is 2.10. The van der Waals surface area contributed by atoms with Crippen LogP contribution in [0.15, 0.2) is 9.72 Å². The molecule has 1 unspecified atom stereocenters. The SMILES string of the molecule is CCC(C)C(=O)CSc1nc(C)cs1. The highest BCUT2D eigenvalue weighted by Gasteiger charge is 2.11. The molecule has 0 aliphatic heterocycles. The Bertz CT molecular complexity index is 309. The molecule has 0 fully saturated rings. The predicted molar refractivity (Wildman–Crippen MR) is 62.0 cm³/mol. The minimum Gasteiger partial charge on any atom is -0.298 e. The number of aryl methyl sites for hydroxylation is 1. The number of thioether (sulfide) groups is 1. The topological polar surface area (TPSA) is 30.0 Å². The summed E-state index contributed by atoms with van der Waals surface area (Å²) in [6, 6.07) is 0. The van der Waals surface area contributed by atoms with Gasteiger partial charge < -0.3 is 0 Å². The van der Waals surface area contributed by atoms with E-state index in [2.05, 4.69) is 4.98 Å². The lowest BCUT2D eigenvalue weighted by atomic mass is 10.1. The highest BCUT2D eigenvalue weighted by Crippen LogP contribution is 2.23. The molecular weight excluding hydrogens is 214 g/mol. The summed E-state index contributed by atoms with van der Waals surface area (Å²) < 4.78 is 0.999. The van der Waals surface area contributed by atoms with Crippen molar-refractivity contribution < 1.29 is 4.79 Å². The summed E-state index contributed by atoms with van der Waals surface area (Å²) in [4.78, 5) is 15.8. The van der Waals surface area contributed by atoms with Gasteiger partial charge in [-0.1, -0.05) is 25.6 Å². The quantitative estimate of drug-likeness (QED) is 0.726. The van der Waals surface area contributed by atoms with E-state index in [1.54, 1.807) is 23.1 Å². The number of ketones is 1. The first kappa shape index (κ1) is 11.7. The van der Waals surface area contributed by atoms with Crippen molar-refractivity contribution in [3.05, 3.63) is 11.1 Å². The van der Waals surface area contributed by atoms with E-state index in [0.29, 0.717) is 11.5 Å². The Morgan fingerprint density at radius 3 is 2.93 bits per heavy atom. The van der Waals surface area contributed by atoms with Crippen LogP contribution in [0, 0.1) is 12.8 Å². The molecule has 78 valence electrons. The van der Waals surface area contributed by atoms with Crippen LogP contribution in [0.5, 0.6) is 0 Å². The van der Waals surface area contributed by atoms with Crippen LogP contribution in [0.1, 0.15) is 26.0 Å². The number of rotatable bonds is 5. The van der Waals surface area contributed by atoms with Crippen molar-refractivity contribution in [1.82, 2.24) is 4.98 Å². The fourth-order valence-electron chi connectivity index (χ4n) is 0.901. The van der Waals surface area contributed by atoms with Gasteiger partial charge in [0.2, 0.25) is 0 Å². The third-order valence-corrected chi connectivity index (χ3v) is 4.26. The molecule has 0 aliphatic rings. The van der Waals surface area contributed by atoms with Gasteiger partial charge in [0, 0.05) is 17.0 Å². The number of nitrogens with zero attached hydrogens (tertiary/aromatic N) is 1. The first-order chi connectivity index (χ1) is 6.63. The maximum absolute atomic E-state index is 11.5. The number of Topliss-reactive ketones (excluding diaryl/α,β-unsaturated/α-hetero) is 1. The van der Waals surface area contributed by atoms with Gasteiger partial charge >= 0.3 is 0 Å². The molecule has 0 bridgehead atoms. The van der Waals surface area contributed by atoms with Gasteiger partial charge in [0.15, 0.2) is 4.34 Å². The third kappa shape index (κ3) is 3.42. The molecule has 0 aliphatic carbocycles. The van der Waals surface area contributed by atoms with Crippen LogP contribution >= 0.6 is 23.1 Å². The Hall–Kier alpha value is -0.350. The van der Waals surface area contributed by atoms with Crippen LogP contribution < -0.4 is 0 Å². The summed E-state index contributed by atoms with van der Waals surface area (Å²) in [6.45, 7) is 5.99. The summed E-state index contributed by atoms with van der Waals surface area (Å²) >= 11 is 3.16. The van der Waals surface area contributed by atoms with Crippen molar-refractivity contribution in [2.75, 3.05) is 5.75 Å². The maximum Gasteiger partial charge on any atom is 0.150 e. The molecule has 0 spiro atoms. The normalized spacial score (nSPS) is 12.8. The van der Waals surface area contributed by atoms with E-state index >= 15 is 0 Å². The Labute approximate surface area is 93.1 Å². The zero-order valence-electron chi connectivity index (χ0n) is 8.74. The van der Waals surface area contributed by atoms with Crippen molar-refractivity contribution in [1.29, 1.82) is 0 Å². The van der Waals surface area contributed by atoms with Gasteiger partial charge in [-0.3, -0.25) is 4.79 Å². The lowest BCUT2D eigenvalue weighted by Gasteiger charge is -2.04. The lowest BCUT2D eigenvalue weighted by molar-refractivity contribution is -0.119. The van der Waals surface area contributed by atoms with Crippen molar-refractivity contribution in [3.63, 3.8) is 0 Å². The minimum atomic E-state index is 0.184. The van der Waals surface area contributed by atoms with E-state index in [-0.39, 0.29) is 5.92 Å². The number of thiazole rings is 1. The highest BCUT2D eigenvalue weighted by atomic mass is 32.2. The molecule has 0 amide bonds. The second-order valence-corrected chi connectivity index (χ2v) is 5.40. The van der Waals surface area contributed by atoms with Crippen LogP contribution in [0.4, 0.5) is 0 Å². The van der Waals surface area contributed by atoms with Crippen molar-refractivity contribution in [3.8, 4) is 0 Å². The molecule has 0 radical (unpaired) electrons. The Morgan fingerprint density at radius 2 is 2.43 bits per heavy atom. The first-order valence-electron chi connectivity index (χ1n) is 4.71. The lowest BCUT2D eigenvalue weighted by Crippen LogP contribution is -2.11. The summed E-state index contributed by atoms with van der Waals surface area (Å²) in [6.07, 6.45) is 0.927. The zero-order chi connectivity index (χ0) is 10.6. The van der Waals surface area contributed by atoms with Gasteiger partial charge in [-0.2, -0.15) is 0 Å². The second-order valence-electron chi connectivity index (χ2n) is 3.32. The van der Waals surface area contributed by atoms with Gasteiger partial charge in [0.1, 0.15) is 5.78 Å². The van der Waals surface area contributed by atoms with E-state index in [0.717, 1.165) is 16.5 Å². The first-order valence-corrected chi connectivity index (χ1v) is 6.57. The van der Waals surface area contributed by atoms with Gasteiger partial charge in [-0.25, -0.2) is 4.98 Å². The molecule has 1 aromatic rings. The number of carbonyl (C=O) groups is 1. The van der Waals surface area contributed by atoms with Gasteiger partial charge in [0.05, 0.1) is 5.75 Å². The summed E-state index contributed by atoms with van der Waals surface area (Å²) in [5.74, 6) is 1.07. The van der Waals surface area contributed by atoms with Crippen molar-refractivity contribution in [2.24, 2.45) is 5.92 Å². The molecule has 4 heteroatoms. The molecule has 1 aromatic heterocycles. The molecule has 1 atom stereocenters. The van der Waals surface area contributed by atoms with Gasteiger partial charge in [0.25, 0.3) is 0 Å². The predicted octanol–water partition coefficient (Wildman–Crippen LogP) is 3.16. The van der Waals surface area contributed by atoms with E-state index in [9.17, 15) is 4.79 Å². The molecule has 0 saturated carbocycles. The average Bonchev–Trinajstić information content (AvgIpc) is 2.59. The Kier molecular flexibility index (Phi) is 4.62. The summed E-state index contributed by atoms with van der Waals surface area (Å²) in [7, 11) is 0. The smallest absolute Gasteiger partial charge is 0.150 e. The molecule has 0 saturated heterocycles. The van der Waals surface area contributed by atoms with Crippen LogP contribution in [-0.4, -0.2) is 16.5 Å². The minimum absolute atomic E-state index is 0.184. The average molecular weight is 229 g/mol. The largest absolute Gasteiger partial charge is 0.298 e. The van der Waals surface area contributed by atoms with Crippen LogP contribution in [0.2, 0.25) is 0 Å². The second kappa shape index (κ2) is 5.51. The molecular formula is C10H15NOS2. The maximum atomic E-state index is 11.5. The van der Waals surface area contributed by atoms with Gasteiger partial charge in [-0.05, 0) is 13.3 Å². The Morgan fingerprint density at radius 1 is 1.71 bits per heavy atom. The number of carbonyl (C=O) groups excluding carboxylic acids is 1. The monoisotopic (exact) mass is 229 g/mol. The molecule has 1 heterocycles. The van der Waals surface area contributed by atoms with Crippen LogP contribution in [-0.2, 0) is 4.79 Å². The van der Waals surface area contributed by atoms with E-state index in [1.165, 1.54) is 0 Å². The van der Waals surface area contributed by atoms with Crippen molar-refractivity contribution >= 4 is 28.9 Å². The summed E-state index contributed by atoms with van der Waals surface area (Å²) in [5.41, 5.74) is 1.04. The molecule has 1 rings (SSSR count). The van der Waals surface area contributed by atoms with Crippen LogP contribution in [0.3, 0.4) is 0 Å². The van der Waals surface area contributed by atoms with Crippen LogP contribution in [0.25, 0.3) is 0 Å². The Balaban J connectivity index is 2.37. The van der Waals surface area contributed by atoms with E-state index in [1.807, 2.05) is 26.2 Å². The molecule has 2 nitrogen and oxygen atoms in total. The molecule has 14 heavy (non-hydrogen) atoms. The van der Waals surface area contributed by atoms with Gasteiger partial charge in [-0.15, -0.1) is 11.3 Å². The fourth-order valence-corrected chi connectivity index (χ4v) is 2.77. The van der Waals surface area contributed by atoms with E-state index in [4.69, 9.17) is 0 Å². The summed E-state index contributed by atoms with van der Waals surface area (Å²) in [5, 5.41) is 2.01.